The predicted molar refractivity (Wildman–Crippen MR) is 113 cm³/mol. The first-order chi connectivity index (χ1) is 14.4. The molecule has 0 unspecified atom stereocenters. The van der Waals surface area contributed by atoms with E-state index in [4.69, 9.17) is 4.98 Å². The Balaban J connectivity index is 1.57. The van der Waals surface area contributed by atoms with Gasteiger partial charge in [0.1, 0.15) is 5.82 Å². The average Bonchev–Trinajstić information content (AvgIpc) is 2.79. The summed E-state index contributed by atoms with van der Waals surface area (Å²) in [5.41, 5.74) is 1.02. The summed E-state index contributed by atoms with van der Waals surface area (Å²) in [5, 5.41) is 0. The van der Waals surface area contributed by atoms with Crippen LogP contribution in [-0.4, -0.2) is 52.3 Å². The van der Waals surface area contributed by atoms with Crippen molar-refractivity contribution in [1.82, 2.24) is 19.2 Å². The summed E-state index contributed by atoms with van der Waals surface area (Å²) < 4.78 is 26.6. The van der Waals surface area contributed by atoms with Crippen molar-refractivity contribution >= 4 is 15.9 Å². The zero-order chi connectivity index (χ0) is 21.3. The third-order valence-electron chi connectivity index (χ3n) is 6.84. The Hall–Kier alpha value is -1.74. The molecule has 30 heavy (non-hydrogen) atoms. The topological polar surface area (TPSA) is 103 Å². The van der Waals surface area contributed by atoms with Crippen molar-refractivity contribution in [3.63, 3.8) is 0 Å². The average molecular weight is 437 g/mol. The second kappa shape index (κ2) is 8.78. The normalized spacial score (nSPS) is 23.9. The van der Waals surface area contributed by atoms with E-state index in [9.17, 15) is 18.0 Å². The van der Waals surface area contributed by atoms with Gasteiger partial charge in [-0.3, -0.25) is 9.59 Å². The maximum atomic E-state index is 12.9. The lowest BCUT2D eigenvalue weighted by Gasteiger charge is -2.35. The Kier molecular flexibility index (Phi) is 6.29. The number of piperidine rings is 1. The number of fused-ring (bicyclic) bond motifs is 1. The molecule has 4 rings (SSSR count). The molecule has 8 nitrogen and oxygen atoms in total. The van der Waals surface area contributed by atoms with Gasteiger partial charge in [0.2, 0.25) is 15.9 Å². The van der Waals surface area contributed by atoms with Gasteiger partial charge in [-0.2, -0.15) is 4.31 Å². The smallest absolute Gasteiger partial charge is 0.256 e. The van der Waals surface area contributed by atoms with Crippen molar-refractivity contribution < 1.29 is 13.2 Å². The number of aromatic amines is 1. The van der Waals surface area contributed by atoms with Crippen molar-refractivity contribution in [3.8, 4) is 0 Å². The van der Waals surface area contributed by atoms with E-state index in [2.05, 4.69) is 4.98 Å². The van der Waals surface area contributed by atoms with Crippen LogP contribution in [0.25, 0.3) is 0 Å². The van der Waals surface area contributed by atoms with E-state index in [1.165, 1.54) is 10.7 Å². The number of carbonyl (C=O) groups excluding carboxylic acids is 1. The first-order valence-corrected chi connectivity index (χ1v) is 12.9. The first kappa shape index (κ1) is 21.5. The molecule has 166 valence electrons. The summed E-state index contributed by atoms with van der Waals surface area (Å²) in [4.78, 5) is 35.2. The number of hydrogen-bond donors (Lipinski definition) is 1. The molecule has 1 aromatic rings. The van der Waals surface area contributed by atoms with E-state index in [1.807, 2.05) is 4.90 Å². The molecule has 1 aromatic heterocycles. The van der Waals surface area contributed by atoms with E-state index in [0.717, 1.165) is 38.5 Å². The Morgan fingerprint density at radius 1 is 1.10 bits per heavy atom. The van der Waals surface area contributed by atoms with Crippen LogP contribution in [-0.2, 0) is 27.8 Å². The molecule has 1 N–H and O–H groups in total. The molecule has 1 saturated heterocycles. The van der Waals surface area contributed by atoms with Crippen molar-refractivity contribution in [2.45, 2.75) is 77.3 Å². The maximum absolute atomic E-state index is 12.9. The first-order valence-electron chi connectivity index (χ1n) is 11.3. The maximum Gasteiger partial charge on any atom is 0.256 e. The van der Waals surface area contributed by atoms with Crippen LogP contribution in [0.2, 0.25) is 0 Å². The second-order valence-corrected chi connectivity index (χ2v) is 11.0. The van der Waals surface area contributed by atoms with Crippen LogP contribution in [0, 0.1) is 5.92 Å². The molecule has 0 spiro atoms. The highest BCUT2D eigenvalue weighted by Crippen LogP contribution is 2.32. The Morgan fingerprint density at radius 3 is 2.57 bits per heavy atom. The fourth-order valence-corrected chi connectivity index (χ4v) is 6.41. The highest BCUT2D eigenvalue weighted by Gasteiger charge is 2.35. The van der Waals surface area contributed by atoms with E-state index in [-0.39, 0.29) is 23.1 Å². The molecule has 3 aliphatic rings. The van der Waals surface area contributed by atoms with E-state index < -0.39 is 16.1 Å². The van der Waals surface area contributed by atoms with Crippen LogP contribution >= 0.6 is 0 Å². The van der Waals surface area contributed by atoms with Crippen molar-refractivity contribution in [2.75, 3.05) is 18.8 Å². The van der Waals surface area contributed by atoms with Gasteiger partial charge in [-0.1, -0.05) is 25.7 Å². The molecule has 2 fully saturated rings. The number of sulfonamides is 1. The van der Waals surface area contributed by atoms with Gasteiger partial charge in [-0.25, -0.2) is 13.4 Å². The largest absolute Gasteiger partial charge is 0.337 e. The zero-order valence-corrected chi connectivity index (χ0v) is 18.5. The zero-order valence-electron chi connectivity index (χ0n) is 17.7. The Morgan fingerprint density at radius 2 is 1.83 bits per heavy atom. The van der Waals surface area contributed by atoms with E-state index >= 15 is 0 Å². The summed E-state index contributed by atoms with van der Waals surface area (Å²) in [6.45, 7) is 2.97. The lowest BCUT2D eigenvalue weighted by Crippen LogP contribution is -2.44. The summed E-state index contributed by atoms with van der Waals surface area (Å²) >= 11 is 0. The minimum atomic E-state index is -3.37. The minimum absolute atomic E-state index is 0.0386. The Labute approximate surface area is 178 Å². The molecule has 1 amide bonds. The molecule has 1 saturated carbocycles. The molecular formula is C21H32N4O4S. The van der Waals surface area contributed by atoms with E-state index in [1.54, 1.807) is 6.92 Å². The molecule has 0 aromatic carbocycles. The number of carbonyl (C=O) groups is 1. The number of aromatic nitrogens is 2. The number of nitrogens with zero attached hydrogens (tertiary/aromatic N) is 3. The highest BCUT2D eigenvalue weighted by molar-refractivity contribution is 7.89. The van der Waals surface area contributed by atoms with Gasteiger partial charge in [0.15, 0.2) is 0 Å². The molecule has 2 aliphatic heterocycles. The molecule has 1 aliphatic carbocycles. The summed E-state index contributed by atoms with van der Waals surface area (Å²) in [6, 6.07) is -0.413. The van der Waals surface area contributed by atoms with Gasteiger partial charge in [0, 0.05) is 25.4 Å². The lowest BCUT2D eigenvalue weighted by molar-refractivity contribution is -0.137. The molecule has 1 atom stereocenters. The second-order valence-electron chi connectivity index (χ2n) is 8.74. The van der Waals surface area contributed by atoms with Crippen molar-refractivity contribution in [1.29, 1.82) is 0 Å². The number of nitrogens with one attached hydrogen (secondary N) is 1. The van der Waals surface area contributed by atoms with Gasteiger partial charge >= 0.3 is 0 Å². The highest BCUT2D eigenvalue weighted by atomic mass is 32.2. The molecule has 0 radical (unpaired) electrons. The summed E-state index contributed by atoms with van der Waals surface area (Å²) in [5.74, 6) is 0.734. The summed E-state index contributed by atoms with van der Waals surface area (Å²) in [7, 11) is -3.37. The van der Waals surface area contributed by atoms with Gasteiger partial charge in [-0.15, -0.1) is 0 Å². The Bertz CT molecular complexity index is 952. The molecular weight excluding hydrogens is 404 g/mol. The lowest BCUT2D eigenvalue weighted by atomic mass is 9.88. The van der Waals surface area contributed by atoms with Crippen LogP contribution in [0.5, 0.6) is 0 Å². The van der Waals surface area contributed by atoms with Gasteiger partial charge < -0.3 is 9.88 Å². The van der Waals surface area contributed by atoms with Crippen molar-refractivity contribution in [3.05, 3.63) is 27.4 Å². The van der Waals surface area contributed by atoms with Crippen LogP contribution in [0.3, 0.4) is 0 Å². The van der Waals surface area contributed by atoms with E-state index in [0.29, 0.717) is 49.6 Å². The minimum Gasteiger partial charge on any atom is -0.337 e. The van der Waals surface area contributed by atoms with Gasteiger partial charge in [0.05, 0.1) is 29.6 Å². The van der Waals surface area contributed by atoms with Crippen LogP contribution < -0.4 is 5.56 Å². The summed E-state index contributed by atoms with van der Waals surface area (Å²) in [6.07, 6.45) is 8.22. The SMILES string of the molecule is CCS(=O)(=O)N1CCCC[C@@H]1c1nc2c(c(=O)[nH]1)CN(C(=O)C1CCCCC1)CC2. The third kappa shape index (κ3) is 4.19. The van der Waals surface area contributed by atoms with Gasteiger partial charge in [0.25, 0.3) is 5.56 Å². The fraction of sp³-hybridized carbons (Fsp3) is 0.762. The standard InChI is InChI=1S/C21H32N4O4S/c1-2-30(28,29)25-12-7-6-10-18(25)19-22-17-11-13-24(14-16(17)20(26)23-19)21(27)15-8-4-3-5-9-15/h15,18H,2-14H2,1H3,(H,22,23,26)/t18-/m1/s1. The fourth-order valence-electron chi connectivity index (χ4n) is 5.07. The quantitative estimate of drug-likeness (QED) is 0.779. The van der Waals surface area contributed by atoms with Gasteiger partial charge in [-0.05, 0) is 32.6 Å². The molecule has 3 heterocycles. The monoisotopic (exact) mass is 436 g/mol. The number of rotatable bonds is 4. The van der Waals surface area contributed by atoms with Crippen LogP contribution in [0.4, 0.5) is 0 Å². The number of H-pyrrole nitrogens is 1. The number of hydrogen-bond acceptors (Lipinski definition) is 5. The van der Waals surface area contributed by atoms with Crippen molar-refractivity contribution in [2.24, 2.45) is 5.92 Å². The van der Waals surface area contributed by atoms with Crippen LogP contribution in [0.1, 0.15) is 81.4 Å². The number of amides is 1. The molecule has 9 heteroatoms. The predicted octanol–water partition coefficient (Wildman–Crippen LogP) is 2.11. The molecule has 0 bridgehead atoms. The van der Waals surface area contributed by atoms with Crippen LogP contribution in [0.15, 0.2) is 4.79 Å². The third-order valence-corrected chi connectivity index (χ3v) is 8.73.